The third kappa shape index (κ3) is 4.30. The first kappa shape index (κ1) is 28.4. The molecule has 3 aliphatic heterocycles. The van der Waals surface area contributed by atoms with E-state index in [0.717, 1.165) is 25.8 Å². The summed E-state index contributed by atoms with van der Waals surface area (Å²) in [5, 5.41) is 3.83. The predicted molar refractivity (Wildman–Crippen MR) is 155 cm³/mol. The number of pyridine rings is 1. The number of nitrogens with one attached hydrogen (secondary N) is 1. The molecule has 2 aliphatic carbocycles. The van der Waals surface area contributed by atoms with Gasteiger partial charge in [-0.05, 0) is 43.7 Å². The monoisotopic (exact) mass is 614 g/mol. The second kappa shape index (κ2) is 10.2. The van der Waals surface area contributed by atoms with E-state index in [1.165, 1.54) is 18.3 Å². The van der Waals surface area contributed by atoms with Crippen molar-refractivity contribution < 1.29 is 26.7 Å². The Bertz CT molecular complexity index is 1620. The molecule has 3 unspecified atom stereocenters. The van der Waals surface area contributed by atoms with E-state index in [2.05, 4.69) is 27.1 Å². The molecule has 0 amide bonds. The maximum absolute atomic E-state index is 15.2. The van der Waals surface area contributed by atoms with Crippen molar-refractivity contribution in [2.45, 2.75) is 75.0 Å². The number of aromatic nitrogens is 3. The van der Waals surface area contributed by atoms with Gasteiger partial charge in [-0.15, -0.1) is 0 Å². The SMILES string of the molecule is CCC1CN(c2nc(OC[C@]34CCCN3C[C@@H](F)C4)nc3c(C(F)F)c(-c4cccc5c4C4CC4C5(F)F)ncc23)CCN1. The summed E-state index contributed by atoms with van der Waals surface area (Å²) in [4.78, 5) is 18.0. The highest BCUT2D eigenvalue weighted by molar-refractivity contribution is 5.95. The van der Waals surface area contributed by atoms with Crippen LogP contribution in [0.2, 0.25) is 0 Å². The molecule has 0 spiro atoms. The zero-order valence-electron chi connectivity index (χ0n) is 24.5. The normalized spacial score (nSPS) is 30.6. The van der Waals surface area contributed by atoms with Crippen molar-refractivity contribution in [1.29, 1.82) is 0 Å². The highest BCUT2D eigenvalue weighted by atomic mass is 19.3. The number of piperazine rings is 1. The molecule has 1 aromatic carbocycles. The highest BCUT2D eigenvalue weighted by Gasteiger charge is 2.64. The van der Waals surface area contributed by atoms with Crippen LogP contribution < -0.4 is 15.0 Å². The molecule has 1 N–H and O–H groups in total. The second-order valence-corrected chi connectivity index (χ2v) is 13.1. The van der Waals surface area contributed by atoms with E-state index in [9.17, 15) is 4.39 Å². The molecule has 12 heteroatoms. The molecule has 1 saturated carbocycles. The Kier molecular flexibility index (Phi) is 6.57. The fraction of sp³-hybridized carbons (Fsp3) is 0.594. The molecular weight excluding hydrogens is 579 g/mol. The van der Waals surface area contributed by atoms with Crippen molar-refractivity contribution in [2.75, 3.05) is 44.2 Å². The largest absolute Gasteiger partial charge is 0.461 e. The minimum absolute atomic E-state index is 0.00172. The van der Waals surface area contributed by atoms with Gasteiger partial charge in [-0.2, -0.15) is 9.97 Å². The van der Waals surface area contributed by atoms with Gasteiger partial charge >= 0.3 is 6.01 Å². The van der Waals surface area contributed by atoms with Crippen molar-refractivity contribution in [3.05, 3.63) is 41.1 Å². The lowest BCUT2D eigenvalue weighted by molar-refractivity contribution is -0.0224. The van der Waals surface area contributed by atoms with E-state index < -0.39 is 35.5 Å². The number of hydrogen-bond acceptors (Lipinski definition) is 7. The van der Waals surface area contributed by atoms with Gasteiger partial charge in [-0.3, -0.25) is 9.88 Å². The first-order chi connectivity index (χ1) is 21.2. The number of halogens is 5. The van der Waals surface area contributed by atoms with Crippen LogP contribution in [-0.2, 0) is 5.92 Å². The smallest absolute Gasteiger partial charge is 0.319 e. The summed E-state index contributed by atoms with van der Waals surface area (Å²) in [5.41, 5.74) is -0.289. The summed E-state index contributed by atoms with van der Waals surface area (Å²) in [6, 6.07) is 4.63. The minimum atomic E-state index is -2.99. The molecule has 3 saturated heterocycles. The Morgan fingerprint density at radius 1 is 1.16 bits per heavy atom. The van der Waals surface area contributed by atoms with E-state index in [1.807, 2.05) is 4.90 Å². The van der Waals surface area contributed by atoms with Crippen LogP contribution in [0.25, 0.3) is 22.2 Å². The third-order valence-corrected chi connectivity index (χ3v) is 10.6. The van der Waals surface area contributed by atoms with Crippen LogP contribution in [0.1, 0.15) is 68.1 Å². The standard InChI is InChI=1S/C32H35F5N6O/c1-2-18-15-42(10-8-38-18)29-21-13-39-26(19-5-3-6-22-24(19)20-11-23(20)32(22,36)37)25(28(34)35)27(21)40-30(41-29)44-16-31-7-4-9-43(31)14-17(33)12-31/h3,5-6,13,17-18,20,23,28,38H,2,4,7-12,14-16H2,1H3/t17-,18?,20?,23?,31+/m0/s1. The maximum atomic E-state index is 15.2. The molecule has 5 atom stereocenters. The van der Waals surface area contributed by atoms with E-state index in [0.29, 0.717) is 61.4 Å². The molecule has 7 nitrogen and oxygen atoms in total. The van der Waals surface area contributed by atoms with Gasteiger partial charge < -0.3 is 15.0 Å². The molecule has 3 aromatic rings. The van der Waals surface area contributed by atoms with Crippen LogP contribution in [0, 0.1) is 5.92 Å². The number of anilines is 1. The Morgan fingerprint density at radius 3 is 2.84 bits per heavy atom. The van der Waals surface area contributed by atoms with Gasteiger partial charge in [-0.1, -0.05) is 25.1 Å². The van der Waals surface area contributed by atoms with Gasteiger partial charge in [0.15, 0.2) is 0 Å². The average Bonchev–Trinajstić information content (AvgIpc) is 3.58. The van der Waals surface area contributed by atoms with Crippen molar-refractivity contribution >= 4 is 16.7 Å². The molecule has 2 aromatic heterocycles. The van der Waals surface area contributed by atoms with Crippen molar-refractivity contribution in [2.24, 2.45) is 5.92 Å². The second-order valence-electron chi connectivity index (χ2n) is 13.1. The fourth-order valence-electron chi connectivity index (χ4n) is 8.31. The number of benzene rings is 1. The van der Waals surface area contributed by atoms with E-state index in [4.69, 9.17) is 9.72 Å². The van der Waals surface area contributed by atoms with Crippen LogP contribution in [0.15, 0.2) is 24.4 Å². The molecule has 5 aliphatic rings. The van der Waals surface area contributed by atoms with Crippen LogP contribution in [0.3, 0.4) is 0 Å². The Balaban J connectivity index is 1.27. The number of rotatable bonds is 7. The fourth-order valence-corrected chi connectivity index (χ4v) is 8.31. The van der Waals surface area contributed by atoms with Gasteiger partial charge in [0.25, 0.3) is 12.3 Å². The first-order valence-corrected chi connectivity index (χ1v) is 15.7. The quantitative estimate of drug-likeness (QED) is 0.329. The number of fused-ring (bicyclic) bond motifs is 5. The van der Waals surface area contributed by atoms with Crippen molar-refractivity contribution in [1.82, 2.24) is 25.2 Å². The van der Waals surface area contributed by atoms with Crippen molar-refractivity contribution in [3.63, 3.8) is 0 Å². The number of hydrogen-bond donors (Lipinski definition) is 1. The molecule has 0 bridgehead atoms. The molecule has 4 fully saturated rings. The molecule has 8 rings (SSSR count). The summed E-state index contributed by atoms with van der Waals surface area (Å²) in [5.74, 6) is -3.70. The Labute approximate surface area is 252 Å². The van der Waals surface area contributed by atoms with Crippen LogP contribution >= 0.6 is 0 Å². The number of ether oxygens (including phenoxy) is 1. The summed E-state index contributed by atoms with van der Waals surface area (Å²) in [7, 11) is 0. The molecule has 234 valence electrons. The van der Waals surface area contributed by atoms with E-state index in [-0.39, 0.29) is 41.4 Å². The highest BCUT2D eigenvalue weighted by Crippen LogP contribution is 2.68. The topological polar surface area (TPSA) is 66.4 Å². The van der Waals surface area contributed by atoms with Gasteiger partial charge in [0.2, 0.25) is 0 Å². The molecule has 0 radical (unpaired) electrons. The third-order valence-electron chi connectivity index (χ3n) is 10.6. The minimum Gasteiger partial charge on any atom is -0.461 e. The first-order valence-electron chi connectivity index (χ1n) is 15.7. The molecular formula is C32H35F5N6O. The van der Waals surface area contributed by atoms with Crippen LogP contribution in [-0.4, -0.2) is 76.9 Å². The lowest BCUT2D eigenvalue weighted by Crippen LogP contribution is -2.50. The average molecular weight is 615 g/mol. The van der Waals surface area contributed by atoms with Crippen molar-refractivity contribution in [3.8, 4) is 17.3 Å². The van der Waals surface area contributed by atoms with Gasteiger partial charge in [0, 0.05) is 61.9 Å². The van der Waals surface area contributed by atoms with Crippen LogP contribution in [0.5, 0.6) is 6.01 Å². The maximum Gasteiger partial charge on any atom is 0.319 e. The summed E-state index contributed by atoms with van der Waals surface area (Å²) < 4.78 is 81.1. The predicted octanol–water partition coefficient (Wildman–Crippen LogP) is 5.98. The number of alkyl halides is 5. The summed E-state index contributed by atoms with van der Waals surface area (Å²) in [6.07, 6.45) is 0.855. The molecule has 44 heavy (non-hydrogen) atoms. The van der Waals surface area contributed by atoms with Gasteiger partial charge in [-0.25, -0.2) is 22.0 Å². The van der Waals surface area contributed by atoms with E-state index >= 15 is 17.6 Å². The van der Waals surface area contributed by atoms with Gasteiger partial charge in [0.1, 0.15) is 18.6 Å². The molecule has 5 heterocycles. The van der Waals surface area contributed by atoms with Gasteiger partial charge in [0.05, 0.1) is 27.7 Å². The number of nitrogens with zero attached hydrogens (tertiary/aromatic N) is 5. The summed E-state index contributed by atoms with van der Waals surface area (Å²) in [6.45, 7) is 5.28. The van der Waals surface area contributed by atoms with E-state index in [1.54, 1.807) is 6.07 Å². The zero-order chi connectivity index (χ0) is 30.4. The Hall–Kier alpha value is -3.12. The summed E-state index contributed by atoms with van der Waals surface area (Å²) >= 11 is 0. The Morgan fingerprint density at radius 2 is 2.02 bits per heavy atom. The zero-order valence-corrected chi connectivity index (χ0v) is 24.5. The lowest BCUT2D eigenvalue weighted by atomic mass is 9.93. The van der Waals surface area contributed by atoms with Crippen LogP contribution in [0.4, 0.5) is 27.8 Å². The lowest BCUT2D eigenvalue weighted by Gasteiger charge is -2.35.